The number of carbonyl (C=O) groups excluding carboxylic acids is 2. The molecule has 0 saturated heterocycles. The first-order valence-corrected chi connectivity index (χ1v) is 5.37. The Kier molecular flexibility index (Phi) is 5.50. The van der Waals surface area contributed by atoms with Gasteiger partial charge >= 0.3 is 0 Å². The van der Waals surface area contributed by atoms with Crippen LogP contribution in [0.25, 0.3) is 0 Å². The third kappa shape index (κ3) is 4.42. The molecule has 0 aliphatic carbocycles. The second-order valence-corrected chi connectivity index (χ2v) is 4.56. The number of carbonyl (C=O) groups is 2. The van der Waals surface area contributed by atoms with Crippen molar-refractivity contribution < 1.29 is 9.59 Å². The van der Waals surface area contributed by atoms with Crippen LogP contribution < -0.4 is 11.1 Å². The summed E-state index contributed by atoms with van der Waals surface area (Å²) in [5.41, 5.74) is 5.66. The van der Waals surface area contributed by atoms with Crippen LogP contribution in [0.15, 0.2) is 0 Å². The van der Waals surface area contributed by atoms with Crippen LogP contribution >= 0.6 is 0 Å². The fourth-order valence-electron chi connectivity index (χ4n) is 1.18. The van der Waals surface area contributed by atoms with E-state index in [1.807, 2.05) is 27.7 Å². The molecule has 4 nitrogen and oxygen atoms in total. The van der Waals surface area contributed by atoms with Gasteiger partial charge in [-0.15, -0.1) is 0 Å². The van der Waals surface area contributed by atoms with Gasteiger partial charge in [0.15, 0.2) is 5.78 Å². The number of nitrogens with two attached hydrogens (primary N) is 1. The number of nitrogens with one attached hydrogen (secondary N) is 1. The minimum absolute atomic E-state index is 0.0271. The van der Waals surface area contributed by atoms with Gasteiger partial charge in [-0.3, -0.25) is 9.59 Å². The number of hydrogen-bond acceptors (Lipinski definition) is 3. The zero-order chi connectivity index (χ0) is 12.2. The van der Waals surface area contributed by atoms with Gasteiger partial charge in [-0.2, -0.15) is 0 Å². The van der Waals surface area contributed by atoms with Gasteiger partial charge in [0.2, 0.25) is 5.91 Å². The van der Waals surface area contributed by atoms with Gasteiger partial charge in [0.25, 0.3) is 0 Å². The molecule has 0 aliphatic rings. The number of hydrogen-bond donors (Lipinski definition) is 2. The van der Waals surface area contributed by atoms with Crippen LogP contribution in [0.2, 0.25) is 0 Å². The van der Waals surface area contributed by atoms with Crippen molar-refractivity contribution in [1.82, 2.24) is 5.32 Å². The molecule has 0 radical (unpaired) electrons. The number of ketones is 1. The van der Waals surface area contributed by atoms with Gasteiger partial charge < -0.3 is 11.1 Å². The lowest BCUT2D eigenvalue weighted by Gasteiger charge is -2.19. The molecule has 15 heavy (non-hydrogen) atoms. The maximum absolute atomic E-state index is 11.5. The van der Waals surface area contributed by atoms with Crippen molar-refractivity contribution in [2.75, 3.05) is 0 Å². The first-order chi connectivity index (χ1) is 6.77. The Labute approximate surface area is 91.6 Å². The zero-order valence-corrected chi connectivity index (χ0v) is 10.2. The lowest BCUT2D eigenvalue weighted by Crippen LogP contribution is -2.49. The summed E-state index contributed by atoms with van der Waals surface area (Å²) in [7, 11) is 0. The van der Waals surface area contributed by atoms with E-state index in [0.29, 0.717) is 0 Å². The molecule has 0 bridgehead atoms. The highest BCUT2D eigenvalue weighted by Crippen LogP contribution is 2.02. The lowest BCUT2D eigenvalue weighted by molar-refractivity contribution is -0.130. The molecular formula is C11H22N2O2. The number of rotatable bonds is 5. The molecule has 0 rings (SSSR count). The molecule has 0 saturated carbocycles. The second kappa shape index (κ2) is 5.85. The number of amides is 1. The largest absolute Gasteiger partial charge is 0.345 e. The van der Waals surface area contributed by atoms with Gasteiger partial charge in [0.1, 0.15) is 0 Å². The molecule has 0 aromatic rings. The highest BCUT2D eigenvalue weighted by molar-refractivity contribution is 5.91. The molecular weight excluding hydrogens is 192 g/mol. The molecule has 88 valence electrons. The normalized spacial score (nSPS) is 15.2. The molecule has 0 heterocycles. The standard InChI is InChI=1S/C11H22N2O2/c1-6(2)9(12)11(15)13-8(5)10(14)7(3)4/h6-9H,12H2,1-5H3,(H,13,15)/t8-,9-/m0/s1. The average Bonchev–Trinajstić information content (AvgIpc) is 2.14. The van der Waals surface area contributed by atoms with Crippen molar-refractivity contribution in [3.05, 3.63) is 0 Å². The smallest absolute Gasteiger partial charge is 0.237 e. The van der Waals surface area contributed by atoms with Gasteiger partial charge in [-0.25, -0.2) is 0 Å². The van der Waals surface area contributed by atoms with Crippen LogP contribution in [0.3, 0.4) is 0 Å². The van der Waals surface area contributed by atoms with Crippen molar-refractivity contribution in [3.63, 3.8) is 0 Å². The maximum Gasteiger partial charge on any atom is 0.237 e. The van der Waals surface area contributed by atoms with E-state index in [1.54, 1.807) is 6.92 Å². The molecule has 0 fully saturated rings. The Bertz CT molecular complexity index is 237. The van der Waals surface area contributed by atoms with Crippen LogP contribution in [0, 0.1) is 11.8 Å². The predicted molar refractivity (Wildman–Crippen MR) is 60.3 cm³/mol. The van der Waals surface area contributed by atoms with Crippen molar-refractivity contribution in [1.29, 1.82) is 0 Å². The van der Waals surface area contributed by atoms with Crippen LogP contribution in [0.5, 0.6) is 0 Å². The first-order valence-electron chi connectivity index (χ1n) is 5.37. The maximum atomic E-state index is 11.5. The predicted octanol–water partition coefficient (Wildman–Crippen LogP) is 0.700. The van der Waals surface area contributed by atoms with Gasteiger partial charge in [0, 0.05) is 5.92 Å². The van der Waals surface area contributed by atoms with E-state index >= 15 is 0 Å². The van der Waals surface area contributed by atoms with Crippen molar-refractivity contribution >= 4 is 11.7 Å². The van der Waals surface area contributed by atoms with Crippen molar-refractivity contribution in [3.8, 4) is 0 Å². The molecule has 0 aromatic carbocycles. The summed E-state index contributed by atoms with van der Waals surface area (Å²) in [4.78, 5) is 23.0. The SMILES string of the molecule is CC(C)C(=O)[C@H](C)NC(=O)[C@@H](N)C(C)C. The fourth-order valence-corrected chi connectivity index (χ4v) is 1.18. The highest BCUT2D eigenvalue weighted by Gasteiger charge is 2.23. The monoisotopic (exact) mass is 214 g/mol. The van der Waals surface area contributed by atoms with E-state index < -0.39 is 12.1 Å². The van der Waals surface area contributed by atoms with Gasteiger partial charge in [-0.05, 0) is 12.8 Å². The van der Waals surface area contributed by atoms with E-state index in [0.717, 1.165) is 0 Å². The van der Waals surface area contributed by atoms with E-state index in [9.17, 15) is 9.59 Å². The Morgan fingerprint density at radius 3 is 1.87 bits per heavy atom. The summed E-state index contributed by atoms with van der Waals surface area (Å²) in [5, 5.41) is 2.63. The first kappa shape index (κ1) is 14.1. The van der Waals surface area contributed by atoms with E-state index in [2.05, 4.69) is 5.32 Å². The minimum Gasteiger partial charge on any atom is -0.345 e. The molecule has 0 unspecified atom stereocenters. The lowest BCUT2D eigenvalue weighted by atomic mass is 10.0. The van der Waals surface area contributed by atoms with Crippen LogP contribution in [-0.4, -0.2) is 23.8 Å². The zero-order valence-electron chi connectivity index (χ0n) is 10.2. The molecule has 0 spiro atoms. The summed E-state index contributed by atoms with van der Waals surface area (Å²) in [5.74, 6) is -0.229. The summed E-state index contributed by atoms with van der Waals surface area (Å²) in [6, 6.07) is -1.00. The molecule has 1 amide bonds. The molecule has 3 N–H and O–H groups in total. The minimum atomic E-state index is -0.549. The van der Waals surface area contributed by atoms with Crippen LogP contribution in [-0.2, 0) is 9.59 Å². The fraction of sp³-hybridized carbons (Fsp3) is 0.818. The number of Topliss-reactive ketones (excluding diaryl/α,β-unsaturated/α-hetero) is 1. The molecule has 0 aromatic heterocycles. The third-order valence-electron chi connectivity index (χ3n) is 2.38. The quantitative estimate of drug-likeness (QED) is 0.707. The van der Waals surface area contributed by atoms with Crippen molar-refractivity contribution in [2.45, 2.75) is 46.7 Å². The average molecular weight is 214 g/mol. The Balaban J connectivity index is 4.24. The molecule has 4 heteroatoms. The highest BCUT2D eigenvalue weighted by atomic mass is 16.2. The second-order valence-electron chi connectivity index (χ2n) is 4.56. The van der Waals surface area contributed by atoms with Crippen molar-refractivity contribution in [2.24, 2.45) is 17.6 Å². The van der Waals surface area contributed by atoms with E-state index in [-0.39, 0.29) is 23.5 Å². The molecule has 0 aliphatic heterocycles. The van der Waals surface area contributed by atoms with E-state index in [1.165, 1.54) is 0 Å². The van der Waals surface area contributed by atoms with Gasteiger partial charge in [-0.1, -0.05) is 27.7 Å². The van der Waals surface area contributed by atoms with E-state index in [4.69, 9.17) is 5.73 Å². The summed E-state index contributed by atoms with van der Waals surface area (Å²) < 4.78 is 0. The van der Waals surface area contributed by atoms with Crippen LogP contribution in [0.1, 0.15) is 34.6 Å². The topological polar surface area (TPSA) is 72.2 Å². The molecule has 2 atom stereocenters. The van der Waals surface area contributed by atoms with Gasteiger partial charge in [0.05, 0.1) is 12.1 Å². The summed E-state index contributed by atoms with van der Waals surface area (Å²) in [6.07, 6.45) is 0. The summed E-state index contributed by atoms with van der Waals surface area (Å²) in [6.45, 7) is 9.06. The summed E-state index contributed by atoms with van der Waals surface area (Å²) >= 11 is 0. The Hall–Kier alpha value is -0.900. The third-order valence-corrected chi connectivity index (χ3v) is 2.38. The van der Waals surface area contributed by atoms with Crippen LogP contribution in [0.4, 0.5) is 0 Å². The Morgan fingerprint density at radius 1 is 1.07 bits per heavy atom. The Morgan fingerprint density at radius 2 is 1.53 bits per heavy atom.